The van der Waals surface area contributed by atoms with Gasteiger partial charge >= 0.3 is 7.60 Å². The Kier molecular flexibility index (Phi) is 7.28. The third kappa shape index (κ3) is 5.10. The molecule has 35 heavy (non-hydrogen) atoms. The number of nitrogens with one attached hydrogen (secondary N) is 1. The van der Waals surface area contributed by atoms with Crippen LogP contribution in [0.4, 0.5) is 5.82 Å². The lowest BCUT2D eigenvalue weighted by Crippen LogP contribution is -2.38. The minimum Gasteiger partial charge on any atom is -0.387 e. The number of rotatable bonds is 8. The summed E-state index contributed by atoms with van der Waals surface area (Å²) in [5, 5.41) is 29.5. The molecule has 1 saturated carbocycles. The maximum absolute atomic E-state index is 12.7. The molecule has 0 aromatic carbocycles. The third-order valence-corrected chi connectivity index (χ3v) is 11.7. The number of aliphatic hydroxyl groups excluding tert-OH is 2. The second kappa shape index (κ2) is 9.66. The molecule has 0 amide bonds. The Morgan fingerprint density at radius 3 is 2.57 bits per heavy atom. The lowest BCUT2D eigenvalue weighted by molar-refractivity contribution is -0.0365. The van der Waals surface area contributed by atoms with Gasteiger partial charge in [-0.2, -0.15) is 5.10 Å². The van der Waals surface area contributed by atoms with Crippen molar-refractivity contribution >= 4 is 34.3 Å². The quantitative estimate of drug-likeness (QED) is 0.298. The molecular weight excluding hydrogens is 501 g/mol. The van der Waals surface area contributed by atoms with Gasteiger partial charge in [0.25, 0.3) is 0 Å². The normalized spacial score (nSPS) is 30.7. The first kappa shape index (κ1) is 26.4. The number of aliphatic hydroxyl groups is 2. The molecule has 1 aliphatic carbocycles. The highest BCUT2D eigenvalue weighted by molar-refractivity contribution is 7.98. The second-order valence-corrected chi connectivity index (χ2v) is 13.8. The monoisotopic (exact) mass is 533 g/mol. The maximum atomic E-state index is 12.7. The van der Waals surface area contributed by atoms with Gasteiger partial charge in [-0.1, -0.05) is 20.3 Å². The zero-order chi connectivity index (χ0) is 25.7. The van der Waals surface area contributed by atoms with Crippen LogP contribution in [0, 0.1) is 12.8 Å². The minimum atomic E-state index is -4.94. The van der Waals surface area contributed by atoms with Crippen LogP contribution in [0.1, 0.15) is 51.6 Å². The predicted octanol–water partition coefficient (Wildman–Crippen LogP) is 0.683. The molecule has 7 atom stereocenters. The molecular formula is C20H32N5O8PS. The van der Waals surface area contributed by atoms with E-state index in [1.54, 1.807) is 6.92 Å². The molecule has 3 heterocycles. The number of ether oxygens (including phenoxy) is 1. The van der Waals surface area contributed by atoms with E-state index in [2.05, 4.69) is 27.3 Å². The number of aromatic nitrogens is 4. The topological polar surface area (TPSA) is 197 Å². The number of sulfone groups is 1. The molecule has 4 rings (SSSR count). The average Bonchev–Trinajstić information content (AvgIpc) is 3.41. The zero-order valence-corrected chi connectivity index (χ0v) is 21.4. The summed E-state index contributed by atoms with van der Waals surface area (Å²) < 4.78 is 44.0. The third-order valence-electron chi connectivity index (χ3n) is 6.86. The van der Waals surface area contributed by atoms with Gasteiger partial charge in [0.1, 0.15) is 30.0 Å². The van der Waals surface area contributed by atoms with Crippen molar-refractivity contribution in [1.82, 2.24) is 19.7 Å². The Morgan fingerprint density at radius 1 is 1.26 bits per heavy atom. The summed E-state index contributed by atoms with van der Waals surface area (Å²) in [6.07, 6.45) is -1.38. The Labute approximate surface area is 203 Å². The van der Waals surface area contributed by atoms with Crippen molar-refractivity contribution in [3.8, 4) is 0 Å². The van der Waals surface area contributed by atoms with Crippen LogP contribution in [0.2, 0.25) is 0 Å². The fourth-order valence-corrected chi connectivity index (χ4v) is 8.85. The van der Waals surface area contributed by atoms with E-state index in [1.165, 1.54) is 17.8 Å². The fraction of sp³-hybridized carbons (Fsp3) is 0.750. The lowest BCUT2D eigenvalue weighted by Gasteiger charge is -2.21. The van der Waals surface area contributed by atoms with E-state index in [0.29, 0.717) is 28.6 Å². The molecule has 0 bridgehead atoms. The highest BCUT2D eigenvalue weighted by atomic mass is 32.2. The molecule has 2 aromatic heterocycles. The maximum Gasteiger partial charge on any atom is 0.343 e. The molecule has 2 aromatic rings. The largest absolute Gasteiger partial charge is 0.387 e. The second-order valence-electron chi connectivity index (χ2n) is 9.43. The molecule has 0 radical (unpaired) electrons. The van der Waals surface area contributed by atoms with E-state index in [4.69, 9.17) is 4.74 Å². The first-order valence-corrected chi connectivity index (χ1v) is 15.0. The van der Waals surface area contributed by atoms with E-state index in [0.717, 1.165) is 19.3 Å². The van der Waals surface area contributed by atoms with Gasteiger partial charge < -0.3 is 30.1 Å². The van der Waals surface area contributed by atoms with Crippen molar-refractivity contribution in [3.63, 3.8) is 0 Å². The van der Waals surface area contributed by atoms with Crippen molar-refractivity contribution in [2.24, 2.45) is 5.92 Å². The summed E-state index contributed by atoms with van der Waals surface area (Å²) in [7, 11) is -9.30. The average molecular weight is 534 g/mol. The Balaban J connectivity index is 1.61. The minimum absolute atomic E-state index is 0.251. The van der Waals surface area contributed by atoms with E-state index >= 15 is 0 Å². The summed E-state index contributed by atoms with van der Waals surface area (Å²) in [5.41, 5.74) is 0.340. The summed E-state index contributed by atoms with van der Waals surface area (Å²) >= 11 is 0. The van der Waals surface area contributed by atoms with Gasteiger partial charge in [0.05, 0.1) is 17.3 Å². The smallest absolute Gasteiger partial charge is 0.343 e. The first-order valence-electron chi connectivity index (χ1n) is 11.6. The number of fused-ring (bicyclic) bond motifs is 1. The van der Waals surface area contributed by atoms with Gasteiger partial charge in [-0.25, -0.2) is 23.1 Å². The van der Waals surface area contributed by atoms with Crippen molar-refractivity contribution < 1.29 is 37.7 Å². The number of anilines is 1. The summed E-state index contributed by atoms with van der Waals surface area (Å²) in [6.45, 7) is 5.23. The molecule has 2 fully saturated rings. The Morgan fingerprint density at radius 2 is 1.97 bits per heavy atom. The highest BCUT2D eigenvalue weighted by Gasteiger charge is 2.49. The van der Waals surface area contributed by atoms with Crippen LogP contribution >= 0.6 is 7.60 Å². The van der Waals surface area contributed by atoms with E-state index in [9.17, 15) is 33.0 Å². The Bertz CT molecular complexity index is 1230. The van der Waals surface area contributed by atoms with Crippen LogP contribution in [-0.4, -0.2) is 83.3 Å². The Hall–Kier alpha value is -1.67. The van der Waals surface area contributed by atoms with Gasteiger partial charge in [-0.05, 0) is 32.1 Å². The molecule has 3 unspecified atom stereocenters. The van der Waals surface area contributed by atoms with Crippen molar-refractivity contribution in [3.05, 3.63) is 12.0 Å². The fourth-order valence-electron chi connectivity index (χ4n) is 4.98. The van der Waals surface area contributed by atoms with Crippen LogP contribution in [0.15, 0.2) is 6.20 Å². The van der Waals surface area contributed by atoms with Crippen molar-refractivity contribution in [2.75, 3.05) is 11.1 Å². The van der Waals surface area contributed by atoms with Gasteiger partial charge in [0.15, 0.2) is 26.7 Å². The highest BCUT2D eigenvalue weighted by Crippen LogP contribution is 2.46. The molecule has 1 saturated heterocycles. The molecule has 1 aliphatic heterocycles. The van der Waals surface area contributed by atoms with Crippen molar-refractivity contribution in [2.45, 2.75) is 82.0 Å². The molecule has 15 heteroatoms. The zero-order valence-electron chi connectivity index (χ0n) is 19.7. The molecule has 5 N–H and O–H groups in total. The summed E-state index contributed by atoms with van der Waals surface area (Å²) in [5.74, 6) is 0.655. The van der Waals surface area contributed by atoms with Crippen LogP contribution in [0.5, 0.6) is 0 Å². The SMILES string of the molecule is CCC(P(=O)(O)O)S(=O)(=O)C[C@H]1O[C@@H](n2ncc3c(NC4CCCC4C)nc(C)nc32)[C@H](O)[C@@H]1O. The van der Waals surface area contributed by atoms with E-state index in [1.807, 2.05) is 0 Å². The van der Waals surface area contributed by atoms with Crippen molar-refractivity contribution in [1.29, 1.82) is 0 Å². The number of aryl methyl sites for hydroxylation is 1. The van der Waals surface area contributed by atoms with Crippen LogP contribution in [-0.2, 0) is 19.1 Å². The van der Waals surface area contributed by atoms with Gasteiger partial charge in [0, 0.05) is 6.04 Å². The molecule has 0 spiro atoms. The number of nitrogens with zero attached hydrogens (tertiary/aromatic N) is 4. The molecule has 2 aliphatic rings. The summed E-state index contributed by atoms with van der Waals surface area (Å²) in [6, 6.07) is 0.251. The van der Waals surface area contributed by atoms with Crippen LogP contribution < -0.4 is 5.32 Å². The standard InChI is InChI=1S/C20H32N5O8PS/c1-4-15(34(28,29)30)35(31,32)9-14-16(26)17(27)20(33-14)25-19-12(8-21-25)18(22-11(3)23-19)24-13-7-5-6-10(13)2/h8,10,13-17,20,26-27H,4-7,9H2,1-3H3,(H,22,23,24)(H2,28,29,30)/t10?,13?,14-,15?,16-,17-,20-/m1/s1. The van der Waals surface area contributed by atoms with Gasteiger partial charge in [-0.15, -0.1) is 0 Å². The van der Waals surface area contributed by atoms with E-state index in [-0.39, 0.29) is 12.5 Å². The van der Waals surface area contributed by atoms with Crippen LogP contribution in [0.3, 0.4) is 0 Å². The van der Waals surface area contributed by atoms with Gasteiger partial charge in [-0.3, -0.25) is 4.57 Å². The first-order chi connectivity index (χ1) is 16.3. The number of hydrogen-bond acceptors (Lipinski definition) is 10. The predicted molar refractivity (Wildman–Crippen MR) is 126 cm³/mol. The van der Waals surface area contributed by atoms with Crippen LogP contribution in [0.25, 0.3) is 11.0 Å². The number of hydrogen-bond donors (Lipinski definition) is 5. The molecule has 196 valence electrons. The summed E-state index contributed by atoms with van der Waals surface area (Å²) in [4.78, 5) is 25.9. The van der Waals surface area contributed by atoms with Gasteiger partial charge in [0.2, 0.25) is 0 Å². The van der Waals surface area contributed by atoms with E-state index < -0.39 is 52.7 Å². The lowest BCUT2D eigenvalue weighted by atomic mass is 10.1. The molecule has 13 nitrogen and oxygen atoms in total.